The third-order valence-corrected chi connectivity index (χ3v) is 5.50. The number of nitrogens with one attached hydrogen (secondary N) is 2. The molecule has 8 nitrogen and oxygen atoms in total. The van der Waals surface area contributed by atoms with E-state index in [4.69, 9.17) is 9.72 Å². The molecule has 158 valence electrons. The van der Waals surface area contributed by atoms with Crippen molar-refractivity contribution in [3.63, 3.8) is 0 Å². The van der Waals surface area contributed by atoms with Crippen LogP contribution in [0, 0.1) is 6.92 Å². The number of morpholine rings is 1. The first-order valence-electron chi connectivity index (χ1n) is 10.3. The lowest BCUT2D eigenvalue weighted by molar-refractivity contribution is 0.102. The number of aryl methyl sites for hydroxylation is 2. The van der Waals surface area contributed by atoms with Crippen molar-refractivity contribution in [1.82, 2.24) is 19.7 Å². The second kappa shape index (κ2) is 7.88. The van der Waals surface area contributed by atoms with E-state index in [0.717, 1.165) is 54.6 Å². The summed E-state index contributed by atoms with van der Waals surface area (Å²) >= 11 is 0. The molecule has 0 bridgehead atoms. The number of hydrogen-bond donors (Lipinski definition) is 2. The number of carbonyl (C=O) groups is 1. The molecule has 4 aromatic rings. The van der Waals surface area contributed by atoms with Crippen molar-refractivity contribution in [1.29, 1.82) is 0 Å². The van der Waals surface area contributed by atoms with Gasteiger partial charge in [0.05, 0.1) is 30.0 Å². The van der Waals surface area contributed by atoms with Gasteiger partial charge in [-0.25, -0.2) is 4.98 Å². The number of anilines is 2. The monoisotopic (exact) mass is 416 g/mol. The second-order valence-corrected chi connectivity index (χ2v) is 7.69. The second-order valence-electron chi connectivity index (χ2n) is 7.69. The van der Waals surface area contributed by atoms with Gasteiger partial charge >= 0.3 is 0 Å². The number of nitrogens with zero attached hydrogens (tertiary/aromatic N) is 4. The highest BCUT2D eigenvalue weighted by Gasteiger charge is 2.17. The SMILES string of the molecule is Cc1cc(NC(=O)c2cccc3[nH]c(-c4cccc(N5CCOCC5)c4)nc23)n(C)n1. The molecule has 1 fully saturated rings. The van der Waals surface area contributed by atoms with Gasteiger partial charge < -0.3 is 19.9 Å². The molecule has 31 heavy (non-hydrogen) atoms. The maximum Gasteiger partial charge on any atom is 0.259 e. The minimum atomic E-state index is -0.214. The fraction of sp³-hybridized carbons (Fsp3) is 0.261. The normalized spacial score (nSPS) is 14.2. The number of rotatable bonds is 4. The maximum atomic E-state index is 13.0. The number of amides is 1. The van der Waals surface area contributed by atoms with Crippen LogP contribution in [-0.4, -0.2) is 52.0 Å². The third kappa shape index (κ3) is 3.77. The first-order chi connectivity index (χ1) is 15.1. The van der Waals surface area contributed by atoms with E-state index < -0.39 is 0 Å². The number of H-pyrrole nitrogens is 1. The smallest absolute Gasteiger partial charge is 0.259 e. The largest absolute Gasteiger partial charge is 0.378 e. The molecule has 3 heterocycles. The molecule has 2 aromatic carbocycles. The zero-order valence-electron chi connectivity index (χ0n) is 17.6. The van der Waals surface area contributed by atoms with Crippen molar-refractivity contribution in [3.8, 4) is 11.4 Å². The number of fused-ring (bicyclic) bond motifs is 1. The maximum absolute atomic E-state index is 13.0. The summed E-state index contributed by atoms with van der Waals surface area (Å²) in [5.41, 5.74) is 4.95. The Kier molecular flexibility index (Phi) is 4.91. The number of ether oxygens (including phenoxy) is 1. The summed E-state index contributed by atoms with van der Waals surface area (Å²) in [6, 6.07) is 15.7. The lowest BCUT2D eigenvalue weighted by Crippen LogP contribution is -2.36. The van der Waals surface area contributed by atoms with E-state index in [-0.39, 0.29) is 5.91 Å². The van der Waals surface area contributed by atoms with E-state index in [2.05, 4.69) is 32.4 Å². The van der Waals surface area contributed by atoms with Crippen LogP contribution in [0.4, 0.5) is 11.5 Å². The summed E-state index contributed by atoms with van der Waals surface area (Å²) < 4.78 is 7.11. The van der Waals surface area contributed by atoms with Crippen molar-refractivity contribution in [2.24, 2.45) is 7.05 Å². The van der Waals surface area contributed by atoms with Crippen LogP contribution < -0.4 is 10.2 Å². The average Bonchev–Trinajstić information content (AvgIpc) is 3.36. The molecule has 2 N–H and O–H groups in total. The predicted octanol–water partition coefficient (Wildman–Crippen LogP) is 3.36. The highest BCUT2D eigenvalue weighted by Crippen LogP contribution is 2.27. The molecule has 1 amide bonds. The molecule has 1 saturated heterocycles. The molecular formula is C23H24N6O2. The van der Waals surface area contributed by atoms with Crippen LogP contribution in [0.5, 0.6) is 0 Å². The van der Waals surface area contributed by atoms with Crippen LogP contribution in [0.2, 0.25) is 0 Å². The Morgan fingerprint density at radius 1 is 1.13 bits per heavy atom. The standard InChI is InChI=1S/C23H24N6O2/c1-15-13-20(28(2)27-15)25-23(30)18-7-4-8-19-21(18)26-22(24-19)16-5-3-6-17(14-16)29-9-11-31-12-10-29/h3-8,13-14H,9-12H2,1-2H3,(H,24,26)(H,25,30). The van der Waals surface area contributed by atoms with E-state index in [0.29, 0.717) is 16.9 Å². The first kappa shape index (κ1) is 19.3. The Bertz CT molecular complexity index is 1250. The molecule has 0 spiro atoms. The summed E-state index contributed by atoms with van der Waals surface area (Å²) in [4.78, 5) is 23.4. The molecule has 8 heteroatoms. The third-order valence-electron chi connectivity index (χ3n) is 5.50. The zero-order valence-corrected chi connectivity index (χ0v) is 17.6. The van der Waals surface area contributed by atoms with Gasteiger partial charge in [-0.05, 0) is 31.2 Å². The van der Waals surface area contributed by atoms with Crippen LogP contribution in [-0.2, 0) is 11.8 Å². The van der Waals surface area contributed by atoms with Gasteiger partial charge in [-0.15, -0.1) is 0 Å². The van der Waals surface area contributed by atoms with E-state index in [1.807, 2.05) is 37.3 Å². The van der Waals surface area contributed by atoms with Gasteiger partial charge in [0.25, 0.3) is 5.91 Å². The molecule has 0 unspecified atom stereocenters. The Morgan fingerprint density at radius 3 is 2.71 bits per heavy atom. The predicted molar refractivity (Wildman–Crippen MR) is 120 cm³/mol. The molecule has 0 saturated carbocycles. The van der Waals surface area contributed by atoms with E-state index in [1.54, 1.807) is 17.8 Å². The molecule has 0 aliphatic carbocycles. The highest BCUT2D eigenvalue weighted by atomic mass is 16.5. The van der Waals surface area contributed by atoms with Gasteiger partial charge in [0, 0.05) is 37.5 Å². The molecule has 0 radical (unpaired) electrons. The summed E-state index contributed by atoms with van der Waals surface area (Å²) in [5.74, 6) is 1.17. The summed E-state index contributed by atoms with van der Waals surface area (Å²) in [6.45, 7) is 5.12. The molecule has 1 aliphatic heterocycles. The number of imidazole rings is 1. The zero-order chi connectivity index (χ0) is 21.4. The van der Waals surface area contributed by atoms with Gasteiger partial charge in [-0.1, -0.05) is 18.2 Å². The van der Waals surface area contributed by atoms with Crippen LogP contribution in [0.3, 0.4) is 0 Å². The highest BCUT2D eigenvalue weighted by molar-refractivity contribution is 6.11. The minimum absolute atomic E-state index is 0.214. The summed E-state index contributed by atoms with van der Waals surface area (Å²) in [5, 5.41) is 7.21. The van der Waals surface area contributed by atoms with Crippen molar-refractivity contribution in [2.45, 2.75) is 6.92 Å². The summed E-state index contributed by atoms with van der Waals surface area (Å²) in [7, 11) is 1.80. The summed E-state index contributed by atoms with van der Waals surface area (Å²) in [6.07, 6.45) is 0. The molecule has 2 aromatic heterocycles. The van der Waals surface area contributed by atoms with E-state index in [9.17, 15) is 4.79 Å². The number of para-hydroxylation sites is 1. The quantitative estimate of drug-likeness (QED) is 0.533. The van der Waals surface area contributed by atoms with E-state index in [1.165, 1.54) is 0 Å². The average molecular weight is 416 g/mol. The Hall–Kier alpha value is -3.65. The van der Waals surface area contributed by atoms with Crippen molar-refractivity contribution in [2.75, 3.05) is 36.5 Å². The lowest BCUT2D eigenvalue weighted by Gasteiger charge is -2.29. The fourth-order valence-corrected chi connectivity index (χ4v) is 3.93. The number of benzene rings is 2. The first-order valence-corrected chi connectivity index (χ1v) is 10.3. The molecular weight excluding hydrogens is 392 g/mol. The van der Waals surface area contributed by atoms with Gasteiger partial charge in [0.15, 0.2) is 0 Å². The number of carbonyl (C=O) groups excluding carboxylic acids is 1. The van der Waals surface area contributed by atoms with Gasteiger partial charge in [0.1, 0.15) is 17.2 Å². The van der Waals surface area contributed by atoms with Crippen molar-refractivity contribution < 1.29 is 9.53 Å². The topological polar surface area (TPSA) is 88.1 Å². The number of aromatic amines is 1. The minimum Gasteiger partial charge on any atom is -0.378 e. The Labute approximate surface area is 179 Å². The van der Waals surface area contributed by atoms with E-state index >= 15 is 0 Å². The number of hydrogen-bond acceptors (Lipinski definition) is 5. The fourth-order valence-electron chi connectivity index (χ4n) is 3.93. The Balaban J connectivity index is 1.47. The van der Waals surface area contributed by atoms with Crippen LogP contribution in [0.25, 0.3) is 22.4 Å². The van der Waals surface area contributed by atoms with Gasteiger partial charge in [-0.2, -0.15) is 5.10 Å². The van der Waals surface area contributed by atoms with Crippen LogP contribution in [0.1, 0.15) is 16.1 Å². The van der Waals surface area contributed by atoms with Crippen LogP contribution in [0.15, 0.2) is 48.5 Å². The van der Waals surface area contributed by atoms with Gasteiger partial charge in [0.2, 0.25) is 0 Å². The Morgan fingerprint density at radius 2 is 1.94 bits per heavy atom. The molecule has 0 atom stereocenters. The number of aromatic nitrogens is 4. The molecule has 1 aliphatic rings. The van der Waals surface area contributed by atoms with Crippen molar-refractivity contribution >= 4 is 28.4 Å². The lowest BCUT2D eigenvalue weighted by atomic mass is 10.1. The van der Waals surface area contributed by atoms with Gasteiger partial charge in [-0.3, -0.25) is 9.48 Å². The van der Waals surface area contributed by atoms with Crippen molar-refractivity contribution in [3.05, 3.63) is 59.8 Å². The molecule has 5 rings (SSSR count). The van der Waals surface area contributed by atoms with Crippen LogP contribution >= 0.6 is 0 Å².